The minimum Gasteiger partial charge on any atom is -0.300 e. The third-order valence-corrected chi connectivity index (χ3v) is 4.91. The van der Waals surface area contributed by atoms with E-state index in [-0.39, 0.29) is 5.54 Å². The highest BCUT2D eigenvalue weighted by atomic mass is 15.2. The van der Waals surface area contributed by atoms with Gasteiger partial charge in [0, 0.05) is 18.6 Å². The van der Waals surface area contributed by atoms with Crippen molar-refractivity contribution in [2.45, 2.75) is 89.8 Å². The van der Waals surface area contributed by atoms with Crippen molar-refractivity contribution in [1.29, 1.82) is 5.26 Å². The molecule has 2 aliphatic rings. The lowest BCUT2D eigenvalue weighted by Crippen LogP contribution is -2.43. The van der Waals surface area contributed by atoms with Crippen molar-refractivity contribution in [2.75, 3.05) is 13.1 Å². The Kier molecular flexibility index (Phi) is 6.08. The van der Waals surface area contributed by atoms with E-state index in [4.69, 9.17) is 0 Å². The molecule has 0 aromatic rings. The second kappa shape index (κ2) is 7.61. The van der Waals surface area contributed by atoms with E-state index in [1.807, 2.05) is 0 Å². The molecular weight excluding hydrogens is 258 g/mol. The predicted octanol–water partition coefficient (Wildman–Crippen LogP) is 3.70. The van der Waals surface area contributed by atoms with E-state index >= 15 is 0 Å². The highest BCUT2D eigenvalue weighted by Crippen LogP contribution is 2.27. The van der Waals surface area contributed by atoms with Gasteiger partial charge in [-0.1, -0.05) is 26.7 Å². The van der Waals surface area contributed by atoms with E-state index < -0.39 is 0 Å². The number of rotatable bonds is 9. The van der Waals surface area contributed by atoms with Gasteiger partial charge < -0.3 is 4.90 Å². The Hall–Kier alpha value is -0.590. The first-order valence-electron chi connectivity index (χ1n) is 8.95. The zero-order chi connectivity index (χ0) is 15.3. The zero-order valence-electron chi connectivity index (χ0n) is 14.2. The van der Waals surface area contributed by atoms with Gasteiger partial charge in [0.25, 0.3) is 0 Å². The topological polar surface area (TPSA) is 39.1 Å². The van der Waals surface area contributed by atoms with E-state index in [0.29, 0.717) is 6.04 Å². The lowest BCUT2D eigenvalue weighted by atomic mass is 9.96. The summed E-state index contributed by atoms with van der Waals surface area (Å²) in [4.78, 5) is 2.70. The first kappa shape index (κ1) is 16.8. The first-order valence-corrected chi connectivity index (χ1v) is 8.95. The number of nitriles is 1. The van der Waals surface area contributed by atoms with Crippen LogP contribution in [0.4, 0.5) is 0 Å². The molecule has 0 radical (unpaired) electrons. The smallest absolute Gasteiger partial charge is 0.104 e. The maximum atomic E-state index is 9.46. The normalized spacial score (nSPS) is 22.7. The Morgan fingerprint density at radius 2 is 1.90 bits per heavy atom. The highest BCUT2D eigenvalue weighted by molar-refractivity contribution is 5.07. The van der Waals surface area contributed by atoms with Crippen LogP contribution < -0.4 is 5.32 Å². The molecule has 0 bridgehead atoms. The first-order chi connectivity index (χ1) is 10.0. The van der Waals surface area contributed by atoms with Gasteiger partial charge in [0.2, 0.25) is 0 Å². The summed E-state index contributed by atoms with van der Waals surface area (Å²) in [6.45, 7) is 9.08. The largest absolute Gasteiger partial charge is 0.300 e. The predicted molar refractivity (Wildman–Crippen MR) is 88.1 cm³/mol. The van der Waals surface area contributed by atoms with E-state index in [1.165, 1.54) is 45.1 Å². The Morgan fingerprint density at radius 3 is 2.43 bits per heavy atom. The minimum absolute atomic E-state index is 0.319. The van der Waals surface area contributed by atoms with Crippen LogP contribution in [0.2, 0.25) is 0 Å². The van der Waals surface area contributed by atoms with Gasteiger partial charge in [0.15, 0.2) is 0 Å². The van der Waals surface area contributed by atoms with Gasteiger partial charge in [0.05, 0.1) is 6.07 Å². The number of hydrogen-bond acceptors (Lipinski definition) is 3. The Labute approximate surface area is 131 Å². The number of hydrogen-bond donors (Lipinski definition) is 1. The molecule has 2 aliphatic carbocycles. The van der Waals surface area contributed by atoms with Crippen LogP contribution in [0.3, 0.4) is 0 Å². The molecule has 0 aliphatic heterocycles. The highest BCUT2D eigenvalue weighted by Gasteiger charge is 2.32. The number of nitrogens with one attached hydrogen (secondary N) is 1. The van der Waals surface area contributed by atoms with Gasteiger partial charge in [-0.3, -0.25) is 5.32 Å². The average molecular weight is 291 g/mol. The van der Waals surface area contributed by atoms with Crippen molar-refractivity contribution in [3.05, 3.63) is 0 Å². The molecule has 0 saturated heterocycles. The van der Waals surface area contributed by atoms with Crippen LogP contribution in [0.15, 0.2) is 0 Å². The van der Waals surface area contributed by atoms with Crippen molar-refractivity contribution < 1.29 is 0 Å². The fraction of sp³-hybridized carbons (Fsp3) is 0.944. The standard InChI is InChI=1S/C18H33N3/c1-15(2)13-21(17-7-4-5-8-17)12-6-11-18(3,14-19)20-16-9-10-16/h15-17,20H,4-13H2,1-3H3. The zero-order valence-corrected chi connectivity index (χ0v) is 14.2. The molecule has 0 aromatic carbocycles. The lowest BCUT2D eigenvalue weighted by Gasteiger charge is -2.32. The van der Waals surface area contributed by atoms with E-state index in [0.717, 1.165) is 31.3 Å². The van der Waals surface area contributed by atoms with Crippen LogP contribution in [0.1, 0.15) is 72.1 Å². The summed E-state index contributed by atoms with van der Waals surface area (Å²) in [5, 5.41) is 13.0. The summed E-state index contributed by atoms with van der Waals surface area (Å²) in [5.74, 6) is 0.734. The third-order valence-electron chi connectivity index (χ3n) is 4.91. The van der Waals surface area contributed by atoms with Gasteiger partial charge in [-0.25, -0.2) is 0 Å². The van der Waals surface area contributed by atoms with Gasteiger partial charge in [0.1, 0.15) is 5.54 Å². The van der Waals surface area contributed by atoms with Crippen LogP contribution in [-0.4, -0.2) is 35.6 Å². The Balaban J connectivity index is 1.78. The fourth-order valence-electron chi connectivity index (χ4n) is 3.64. The number of nitrogens with zero attached hydrogens (tertiary/aromatic N) is 2. The van der Waals surface area contributed by atoms with Gasteiger partial charge in [-0.15, -0.1) is 0 Å². The third kappa shape index (κ3) is 5.60. The quantitative estimate of drug-likeness (QED) is 0.704. The molecule has 1 N–H and O–H groups in total. The molecule has 3 nitrogen and oxygen atoms in total. The monoisotopic (exact) mass is 291 g/mol. The van der Waals surface area contributed by atoms with Crippen LogP contribution >= 0.6 is 0 Å². The lowest BCUT2D eigenvalue weighted by molar-refractivity contribution is 0.169. The maximum Gasteiger partial charge on any atom is 0.104 e. The summed E-state index contributed by atoms with van der Waals surface area (Å²) in [6, 6.07) is 3.91. The molecule has 0 spiro atoms. The van der Waals surface area contributed by atoms with Crippen molar-refractivity contribution in [3.63, 3.8) is 0 Å². The summed E-state index contributed by atoms with van der Waals surface area (Å²) in [6.07, 6.45) is 10.2. The molecular formula is C18H33N3. The van der Waals surface area contributed by atoms with E-state index in [9.17, 15) is 5.26 Å². The Morgan fingerprint density at radius 1 is 1.24 bits per heavy atom. The molecule has 3 heteroatoms. The second-order valence-corrected chi connectivity index (χ2v) is 7.79. The summed E-state index contributed by atoms with van der Waals surface area (Å²) in [5.41, 5.74) is -0.319. The molecule has 1 atom stereocenters. The van der Waals surface area contributed by atoms with Gasteiger partial charge >= 0.3 is 0 Å². The summed E-state index contributed by atoms with van der Waals surface area (Å²) < 4.78 is 0. The van der Waals surface area contributed by atoms with Crippen LogP contribution in [0.25, 0.3) is 0 Å². The maximum absolute atomic E-state index is 9.46. The van der Waals surface area contributed by atoms with Gasteiger partial charge in [-0.05, 0) is 57.9 Å². The molecule has 2 saturated carbocycles. The molecule has 2 rings (SSSR count). The summed E-state index contributed by atoms with van der Waals surface area (Å²) in [7, 11) is 0. The minimum atomic E-state index is -0.319. The molecule has 0 aromatic heterocycles. The average Bonchev–Trinajstić information content (AvgIpc) is 3.07. The SMILES string of the molecule is CC(C)CN(CCCC(C)(C#N)NC1CC1)C1CCCC1. The molecule has 1 unspecified atom stereocenters. The van der Waals surface area contributed by atoms with Crippen molar-refractivity contribution in [1.82, 2.24) is 10.2 Å². The Bertz CT molecular complexity index is 350. The molecule has 2 fully saturated rings. The van der Waals surface area contributed by atoms with Crippen molar-refractivity contribution >= 4 is 0 Å². The van der Waals surface area contributed by atoms with E-state index in [2.05, 4.69) is 37.1 Å². The molecule has 0 amide bonds. The molecule has 120 valence electrons. The van der Waals surface area contributed by atoms with Gasteiger partial charge in [-0.2, -0.15) is 5.26 Å². The van der Waals surface area contributed by atoms with Crippen molar-refractivity contribution in [2.24, 2.45) is 5.92 Å². The summed E-state index contributed by atoms with van der Waals surface area (Å²) >= 11 is 0. The fourth-order valence-corrected chi connectivity index (χ4v) is 3.64. The molecule has 21 heavy (non-hydrogen) atoms. The molecule has 0 heterocycles. The van der Waals surface area contributed by atoms with Crippen LogP contribution in [0.5, 0.6) is 0 Å². The van der Waals surface area contributed by atoms with Crippen molar-refractivity contribution in [3.8, 4) is 6.07 Å². The second-order valence-electron chi connectivity index (χ2n) is 7.79. The van der Waals surface area contributed by atoms with Crippen LogP contribution in [-0.2, 0) is 0 Å². The van der Waals surface area contributed by atoms with E-state index in [1.54, 1.807) is 0 Å². The van der Waals surface area contributed by atoms with Crippen LogP contribution in [0, 0.1) is 17.2 Å².